The second-order valence-corrected chi connectivity index (χ2v) is 8.15. The number of carbonyl (C=O) groups excluding carboxylic acids is 2. The zero-order valence-electron chi connectivity index (χ0n) is 18.6. The third kappa shape index (κ3) is 7.23. The van der Waals surface area contributed by atoms with E-state index in [-0.39, 0.29) is 13.2 Å². The maximum atomic E-state index is 12.0. The molecule has 7 nitrogen and oxygen atoms in total. The average Bonchev–Trinajstić information content (AvgIpc) is 2.83. The predicted octanol–water partition coefficient (Wildman–Crippen LogP) is 4.66. The monoisotopic (exact) mass is 499 g/mol. The Morgan fingerprint density at radius 1 is 0.971 bits per heavy atom. The topological polar surface area (TPSA) is 89.0 Å². The van der Waals surface area contributed by atoms with Gasteiger partial charge in [0.25, 0.3) is 0 Å². The molecule has 0 aliphatic rings. The van der Waals surface area contributed by atoms with Crippen molar-refractivity contribution in [2.24, 2.45) is 5.10 Å². The van der Waals surface area contributed by atoms with Gasteiger partial charge in [0, 0.05) is 22.2 Å². The van der Waals surface area contributed by atoms with Crippen LogP contribution in [0, 0.1) is 6.92 Å². The summed E-state index contributed by atoms with van der Waals surface area (Å²) in [6.45, 7) is 2.45. The van der Waals surface area contributed by atoms with Gasteiger partial charge in [-0.3, -0.25) is 9.59 Å². The van der Waals surface area contributed by atoms with Gasteiger partial charge < -0.3 is 14.8 Å². The second kappa shape index (κ2) is 12.1. The molecule has 0 atom stereocenters. The van der Waals surface area contributed by atoms with E-state index in [1.165, 1.54) is 13.3 Å². The number of rotatable bonds is 8. The van der Waals surface area contributed by atoms with Gasteiger partial charge in [0.15, 0.2) is 11.5 Å². The first-order valence-corrected chi connectivity index (χ1v) is 11.0. The SMILES string of the molecule is COc1cc(/C=N\NC(=O)C(=O)NCc2ccc(C)cc2)ccc1OCc1ccc(Cl)cc1Cl. The lowest BCUT2D eigenvalue weighted by atomic mass is 10.1. The first-order valence-electron chi connectivity index (χ1n) is 10.3. The molecule has 0 bridgehead atoms. The third-order valence-electron chi connectivity index (χ3n) is 4.75. The van der Waals surface area contributed by atoms with E-state index in [0.29, 0.717) is 27.1 Å². The lowest BCUT2D eigenvalue weighted by molar-refractivity contribution is -0.139. The maximum Gasteiger partial charge on any atom is 0.329 e. The molecule has 0 saturated heterocycles. The highest BCUT2D eigenvalue weighted by molar-refractivity contribution is 6.35. The van der Waals surface area contributed by atoms with Crippen molar-refractivity contribution >= 4 is 41.2 Å². The first-order chi connectivity index (χ1) is 16.4. The second-order valence-electron chi connectivity index (χ2n) is 7.30. The fourth-order valence-electron chi connectivity index (χ4n) is 2.86. The zero-order valence-corrected chi connectivity index (χ0v) is 20.1. The van der Waals surface area contributed by atoms with Gasteiger partial charge in [0.2, 0.25) is 0 Å². The molecule has 0 spiro atoms. The van der Waals surface area contributed by atoms with Gasteiger partial charge in [-0.1, -0.05) is 59.1 Å². The summed E-state index contributed by atoms with van der Waals surface area (Å²) in [6.07, 6.45) is 1.40. The van der Waals surface area contributed by atoms with Crippen LogP contribution in [-0.2, 0) is 22.7 Å². The minimum absolute atomic E-state index is 0.230. The van der Waals surface area contributed by atoms with Crippen LogP contribution in [0.1, 0.15) is 22.3 Å². The predicted molar refractivity (Wildman–Crippen MR) is 133 cm³/mol. The number of hydrogen-bond acceptors (Lipinski definition) is 5. The van der Waals surface area contributed by atoms with Gasteiger partial charge in [0.1, 0.15) is 6.61 Å². The Hall–Kier alpha value is -3.55. The highest BCUT2D eigenvalue weighted by Gasteiger charge is 2.12. The molecule has 34 heavy (non-hydrogen) atoms. The van der Waals surface area contributed by atoms with E-state index in [4.69, 9.17) is 32.7 Å². The molecule has 0 radical (unpaired) electrons. The Morgan fingerprint density at radius 3 is 2.44 bits per heavy atom. The van der Waals surface area contributed by atoms with Crippen LogP contribution in [0.2, 0.25) is 10.0 Å². The summed E-state index contributed by atoms with van der Waals surface area (Å²) in [7, 11) is 1.51. The van der Waals surface area contributed by atoms with E-state index in [2.05, 4.69) is 15.8 Å². The van der Waals surface area contributed by atoms with Crippen molar-refractivity contribution < 1.29 is 19.1 Å². The van der Waals surface area contributed by atoms with Gasteiger partial charge in [0.05, 0.1) is 13.3 Å². The Labute approximate surface area is 207 Å². The van der Waals surface area contributed by atoms with Crippen LogP contribution < -0.4 is 20.2 Å². The summed E-state index contributed by atoms with van der Waals surface area (Å²) in [4.78, 5) is 23.9. The molecule has 0 unspecified atom stereocenters. The van der Waals surface area contributed by atoms with Crippen molar-refractivity contribution in [1.29, 1.82) is 0 Å². The summed E-state index contributed by atoms with van der Waals surface area (Å²) < 4.78 is 11.2. The molecule has 0 aromatic heterocycles. The van der Waals surface area contributed by atoms with E-state index in [1.807, 2.05) is 31.2 Å². The van der Waals surface area contributed by atoms with E-state index in [1.54, 1.807) is 36.4 Å². The van der Waals surface area contributed by atoms with Crippen LogP contribution >= 0.6 is 23.2 Å². The molecular formula is C25H23Cl2N3O4. The molecule has 3 rings (SSSR count). The number of nitrogens with one attached hydrogen (secondary N) is 2. The van der Waals surface area contributed by atoms with Crippen LogP contribution in [0.25, 0.3) is 0 Å². The Kier molecular flexibility index (Phi) is 8.90. The smallest absolute Gasteiger partial charge is 0.329 e. The number of nitrogens with zero attached hydrogens (tertiary/aromatic N) is 1. The van der Waals surface area contributed by atoms with E-state index < -0.39 is 11.8 Å². The third-order valence-corrected chi connectivity index (χ3v) is 5.33. The Bertz CT molecular complexity index is 1200. The fourth-order valence-corrected chi connectivity index (χ4v) is 3.33. The zero-order chi connectivity index (χ0) is 24.5. The molecule has 0 aliphatic carbocycles. The van der Waals surface area contributed by atoms with Crippen molar-refractivity contribution in [2.45, 2.75) is 20.1 Å². The van der Waals surface area contributed by atoms with Crippen molar-refractivity contribution in [3.63, 3.8) is 0 Å². The van der Waals surface area contributed by atoms with Crippen molar-refractivity contribution in [1.82, 2.24) is 10.7 Å². The molecule has 0 heterocycles. The molecule has 0 saturated carbocycles. The number of hydrogen-bond donors (Lipinski definition) is 2. The average molecular weight is 500 g/mol. The van der Waals surface area contributed by atoms with Gasteiger partial charge in [-0.05, 0) is 48.4 Å². The number of halogens is 2. The summed E-state index contributed by atoms with van der Waals surface area (Å²) in [6, 6.07) is 17.9. The van der Waals surface area contributed by atoms with E-state index in [0.717, 1.165) is 16.7 Å². The lowest BCUT2D eigenvalue weighted by Gasteiger charge is -2.12. The van der Waals surface area contributed by atoms with Crippen molar-refractivity contribution in [3.05, 3.63) is 93.0 Å². The summed E-state index contributed by atoms with van der Waals surface area (Å²) in [5, 5.41) is 7.44. The van der Waals surface area contributed by atoms with Gasteiger partial charge in [-0.15, -0.1) is 0 Å². The molecule has 0 fully saturated rings. The number of methoxy groups -OCH3 is 1. The largest absolute Gasteiger partial charge is 0.493 e. The molecule has 176 valence electrons. The fraction of sp³-hybridized carbons (Fsp3) is 0.160. The maximum absolute atomic E-state index is 12.0. The van der Waals surface area contributed by atoms with Crippen molar-refractivity contribution in [3.8, 4) is 11.5 Å². The van der Waals surface area contributed by atoms with E-state index >= 15 is 0 Å². The number of benzene rings is 3. The van der Waals surface area contributed by atoms with Crippen LogP contribution in [-0.4, -0.2) is 25.1 Å². The molecule has 0 aliphatic heterocycles. The molecule has 2 N–H and O–H groups in total. The highest BCUT2D eigenvalue weighted by atomic mass is 35.5. The molecular weight excluding hydrogens is 477 g/mol. The Morgan fingerprint density at radius 2 is 1.74 bits per heavy atom. The Balaban J connectivity index is 1.53. The highest BCUT2D eigenvalue weighted by Crippen LogP contribution is 2.29. The quantitative estimate of drug-likeness (QED) is 0.268. The lowest BCUT2D eigenvalue weighted by Crippen LogP contribution is -2.37. The molecule has 9 heteroatoms. The molecule has 2 amide bonds. The number of carbonyl (C=O) groups is 2. The van der Waals surface area contributed by atoms with Crippen LogP contribution in [0.5, 0.6) is 11.5 Å². The van der Waals surface area contributed by atoms with E-state index in [9.17, 15) is 9.59 Å². The van der Waals surface area contributed by atoms with Crippen molar-refractivity contribution in [2.75, 3.05) is 7.11 Å². The molecule has 3 aromatic carbocycles. The van der Waals surface area contributed by atoms with Gasteiger partial charge in [-0.25, -0.2) is 5.43 Å². The summed E-state index contributed by atoms with van der Waals surface area (Å²) >= 11 is 12.1. The van der Waals surface area contributed by atoms with Crippen LogP contribution in [0.4, 0.5) is 0 Å². The molecule has 3 aromatic rings. The normalized spacial score (nSPS) is 10.7. The standard InChI is InChI=1S/C25H23Cl2N3O4/c1-16-3-5-17(6-4-16)13-28-24(31)25(32)30-29-14-18-7-10-22(23(11-18)33-2)34-15-19-8-9-20(26)12-21(19)27/h3-12,14H,13,15H2,1-2H3,(H,28,31)(H,30,32)/b29-14-. The number of amides is 2. The van der Waals surface area contributed by atoms with Crippen LogP contribution in [0.3, 0.4) is 0 Å². The van der Waals surface area contributed by atoms with Gasteiger partial charge in [-0.2, -0.15) is 5.10 Å². The number of ether oxygens (including phenoxy) is 2. The number of aryl methyl sites for hydroxylation is 1. The van der Waals surface area contributed by atoms with Crippen LogP contribution in [0.15, 0.2) is 65.8 Å². The minimum Gasteiger partial charge on any atom is -0.493 e. The minimum atomic E-state index is -0.866. The first kappa shape index (κ1) is 25.1. The van der Waals surface area contributed by atoms with Gasteiger partial charge >= 0.3 is 11.8 Å². The summed E-state index contributed by atoms with van der Waals surface area (Å²) in [5.74, 6) is -0.670. The summed E-state index contributed by atoms with van der Waals surface area (Å²) in [5.41, 5.74) is 5.63. The number of hydrazone groups is 1.